The average molecular weight is 2160 g/mol. The number of amides is 6. The molecule has 0 bridgehead atoms. The van der Waals surface area contributed by atoms with Crippen LogP contribution in [0.4, 0.5) is 0 Å². The number of ether oxygens (including phenoxy) is 17. The first-order valence-corrected chi connectivity index (χ1v) is 45.8. The Hall–Kier alpha value is -7.63. The highest BCUT2D eigenvalue weighted by molar-refractivity contribution is 5.80. The smallest absolute Gasteiger partial charge is 0.364 e. The van der Waals surface area contributed by atoms with Gasteiger partial charge in [-0.2, -0.15) is 0 Å². The second-order valence-corrected chi connectivity index (χ2v) is 36.7. The fourth-order valence-electron chi connectivity index (χ4n) is 18.9. The van der Waals surface area contributed by atoms with Crippen molar-refractivity contribution in [2.75, 3.05) is 59.5 Å². The molecule has 6 amide bonds. The molecule has 39 N–H and O–H groups in total. The monoisotopic (exact) mass is 2160 g/mol. The lowest BCUT2D eigenvalue weighted by Gasteiger charge is -2.53. The van der Waals surface area contributed by atoms with E-state index in [-0.39, 0.29) is 0 Å². The molecule has 0 aliphatic carbocycles. The van der Waals surface area contributed by atoms with E-state index in [0.717, 1.165) is 41.5 Å². The fourth-order valence-corrected chi connectivity index (χ4v) is 18.9. The molecule has 0 saturated carbocycles. The summed E-state index contributed by atoms with van der Waals surface area (Å²) < 4.78 is 99.0. The maximum Gasteiger partial charge on any atom is 0.364 e. The summed E-state index contributed by atoms with van der Waals surface area (Å²) in [5, 5.41) is 386. The largest absolute Gasteiger partial charge is 0.477 e. The third-order valence-electron chi connectivity index (χ3n) is 26.1. The topological polar surface area (TPSA) is 1080 Å². The van der Waals surface area contributed by atoms with E-state index in [2.05, 4.69) is 31.9 Å². The van der Waals surface area contributed by atoms with E-state index in [4.69, 9.17) is 80.5 Å². The maximum absolute atomic E-state index is 14.2. The van der Waals surface area contributed by atoms with E-state index in [0.29, 0.717) is 0 Å². The molecule has 148 heavy (non-hydrogen) atoms. The number of hydrogen-bond donors (Lipinski definition) is 39. The minimum atomic E-state index is -3.83. The van der Waals surface area contributed by atoms with Gasteiger partial charge in [0.05, 0.1) is 120 Å². The second kappa shape index (κ2) is 51.6. The van der Waals surface area contributed by atoms with E-state index >= 15 is 0 Å². The third kappa shape index (κ3) is 26.9. The van der Waals surface area contributed by atoms with Crippen LogP contribution in [0.15, 0.2) is 0 Å². The molecule has 0 spiro atoms. The molecule has 0 unspecified atom stereocenters. The number of aliphatic carboxylic acids is 5. The zero-order valence-corrected chi connectivity index (χ0v) is 79.1. The molecule has 67 nitrogen and oxygen atoms in total. The normalized spacial score (nSPS) is 41.9. The zero-order chi connectivity index (χ0) is 111. The number of nitrogens with one attached hydrogen (secondary N) is 6. The highest BCUT2D eigenvalue weighted by Gasteiger charge is 2.69. The van der Waals surface area contributed by atoms with Gasteiger partial charge < -0.3 is 281 Å². The number of carbonyl (C=O) groups excluding carboxylic acids is 6. The second-order valence-electron chi connectivity index (χ2n) is 36.7. The number of rotatable bonds is 46. The SMILES string of the molecule is CC(=O)N[C@H]1[C@H](O[C@@H]2[C@H](O[C@]3(C(=O)O)C[C@H](O)[C@@H](NC(C)=O)[C@H]([C@H](O)[C@H](O)CO)O3)[C@@H](O)[C@H](O[C@H]3[C@H](O)[C@@H](O)[C@H](O)O[C@@H]3CO)O[C@@H]2CO)O[C@H](CO)[C@H](O)[C@@H]1O[C@@H]1O[C@H](CO)[C@H](O)[C@H](O[C@]2(C(=O)O)C[C@H](O)[C@@H](NC(C)=O)[C@H]([C@H](O)[C@@H](CO)O[C@]3(C(=O)O)C[C@H](O)[C@@H](NC(C)=O)[C@H]([C@H](O)[C@@H](CO)O[C@]4(C(=O)O)C[C@H](O)[C@@H](NC(C)=O)[C@H]([C@H](O)[C@@H](CO)O[C@]5(C(=O)O)C[C@H](O)[C@@H](NC(C)=O)[C@H]([C@H](O)[C@H](O)CO)O5)O4)O3)O2)[C@H]1O. The Kier molecular flexibility index (Phi) is 43.2. The molecular formula is C81H130N6O61. The number of aliphatic hydroxyl groups excluding tert-OH is 28. The van der Waals surface area contributed by atoms with Gasteiger partial charge in [0.25, 0.3) is 28.9 Å². The predicted molar refractivity (Wildman–Crippen MR) is 453 cm³/mol. The maximum atomic E-state index is 14.2. The molecule has 0 aromatic carbocycles. The molecule has 9 saturated heterocycles. The highest BCUT2D eigenvalue weighted by atomic mass is 16.8. The van der Waals surface area contributed by atoms with Gasteiger partial charge in [-0.05, 0) is 0 Å². The molecule has 0 radical (unpaired) electrons. The first-order valence-electron chi connectivity index (χ1n) is 45.8. The lowest BCUT2D eigenvalue weighted by Crippen LogP contribution is -2.73. The van der Waals surface area contributed by atoms with Gasteiger partial charge in [-0.1, -0.05) is 0 Å². The van der Waals surface area contributed by atoms with Gasteiger partial charge >= 0.3 is 29.8 Å². The van der Waals surface area contributed by atoms with E-state index in [1.807, 2.05) is 0 Å². The van der Waals surface area contributed by atoms with Gasteiger partial charge in [0.2, 0.25) is 35.4 Å². The molecule has 0 aromatic rings. The van der Waals surface area contributed by atoms with Crippen LogP contribution in [0.1, 0.15) is 73.6 Å². The van der Waals surface area contributed by atoms with Crippen LogP contribution in [0, 0.1) is 0 Å². The van der Waals surface area contributed by atoms with Crippen LogP contribution < -0.4 is 31.9 Å². The van der Waals surface area contributed by atoms with Crippen molar-refractivity contribution in [2.45, 2.75) is 378 Å². The molecular weight excluding hydrogens is 2030 g/mol. The number of hydrogen-bond acceptors (Lipinski definition) is 56. The van der Waals surface area contributed by atoms with Crippen LogP contribution in [0.25, 0.3) is 0 Å². The molecule has 0 aromatic heterocycles. The average Bonchev–Trinajstić information content (AvgIpc) is 0.739. The molecule has 67 heteroatoms. The number of carboxylic acid groups (broad SMARTS) is 5. The fraction of sp³-hybridized carbons (Fsp3) is 0.864. The minimum absolute atomic E-state index is 0.741. The Morgan fingerprint density at radius 2 is 0.527 bits per heavy atom. The van der Waals surface area contributed by atoms with Crippen LogP contribution in [-0.4, -0.2) is 597 Å². The van der Waals surface area contributed by atoms with Crippen LogP contribution in [0.2, 0.25) is 0 Å². The van der Waals surface area contributed by atoms with E-state index in [1.54, 1.807) is 0 Å². The van der Waals surface area contributed by atoms with Gasteiger partial charge in [0, 0.05) is 73.6 Å². The van der Waals surface area contributed by atoms with Crippen molar-refractivity contribution in [2.24, 2.45) is 0 Å². The zero-order valence-electron chi connectivity index (χ0n) is 79.1. The summed E-state index contributed by atoms with van der Waals surface area (Å²) in [5.41, 5.74) is 0. The van der Waals surface area contributed by atoms with E-state index < -0.39 is 461 Å². The van der Waals surface area contributed by atoms with E-state index in [1.165, 1.54) is 0 Å². The summed E-state index contributed by atoms with van der Waals surface area (Å²) in [6.07, 6.45) is -106. The number of carboxylic acids is 5. The van der Waals surface area contributed by atoms with Gasteiger partial charge in [0.15, 0.2) is 25.2 Å². The van der Waals surface area contributed by atoms with Crippen LogP contribution in [0.5, 0.6) is 0 Å². The van der Waals surface area contributed by atoms with Crippen molar-refractivity contribution in [3.8, 4) is 0 Å². The predicted octanol–water partition coefficient (Wildman–Crippen LogP) is -23.7. The van der Waals surface area contributed by atoms with Gasteiger partial charge in [0.1, 0.15) is 189 Å². The molecule has 9 aliphatic rings. The molecule has 9 fully saturated rings. The minimum Gasteiger partial charge on any atom is -0.477 e. The van der Waals surface area contributed by atoms with Crippen LogP contribution in [0.3, 0.4) is 0 Å². The lowest BCUT2D eigenvalue weighted by atomic mass is 9.86. The molecule has 9 aliphatic heterocycles. The Morgan fingerprint density at radius 1 is 0.277 bits per heavy atom. The van der Waals surface area contributed by atoms with Crippen LogP contribution >= 0.6 is 0 Å². The first kappa shape index (κ1) is 124. The Bertz CT molecular complexity index is 4450. The Labute approximate surface area is 833 Å². The summed E-state index contributed by atoms with van der Waals surface area (Å²) in [6, 6.07) is -12.9. The van der Waals surface area contributed by atoms with Gasteiger partial charge in [-0.15, -0.1) is 0 Å². The van der Waals surface area contributed by atoms with Gasteiger partial charge in [-0.3, -0.25) is 28.8 Å². The molecule has 9 heterocycles. The Balaban J connectivity index is 1.03. The standard InChI is InChI=1S/C81H130N6O61/c1-21(97)82-41-27(103)7-77(72(122)123,142-61(41)47(110)32(108)12-88)139-36(16-92)51(114)63-43(84-23(3)99)28(104)8-78(144-63,73(124)125)140-37(17-93)52(115)64-44(85-24(4)100)29(105)9-79(145-64,74(126)127)141-38(18-94)53(116)65-45(86-25(5)101)31(107)10-80(146-65,75(128)129)147-66-50(113)35(15-91)134-70(56(66)119)138-60-46(87-26(6)102)69(133-34(14-90)49(60)112)137-59-40(20-96)135-71(136-58-39(19-95)132-68(121)55(118)54(58)117)57(120)67(59)148-81(76(130)131)11-30(106)42(83-22(2)98)62(143-81)48(111)33(109)13-89/h27-71,88-96,103-121H,7-20H2,1-6H3,(H,82,97)(H,83,98)(H,84,99)(H,85,100)(H,86,101)(H,87,102)(H,122,123)(H,124,125)(H,126,127)(H,128,129)(H,130,131)/t27-,28-,29-,30-,31-,32+,33+,34+,35+,36+,37+,38+,39+,40+,41+,42+,43+,44+,45+,46+,47+,48+,49-,50-,51+,52+,53+,54+,55+,56+,57+,58+,59-,60+,61+,62+,63+,64+,65+,66-,67+,68+,69-,70-,71-,77+,78+,79+,80-,81-/m0/s1. The van der Waals surface area contributed by atoms with Crippen molar-refractivity contribution < 1.29 is 302 Å². The Morgan fingerprint density at radius 3 is 0.824 bits per heavy atom. The molecule has 50 atom stereocenters. The lowest BCUT2D eigenvalue weighted by molar-refractivity contribution is -0.404. The summed E-state index contributed by atoms with van der Waals surface area (Å²) in [7, 11) is 0. The summed E-state index contributed by atoms with van der Waals surface area (Å²) in [6.45, 7) is -8.57. The van der Waals surface area contributed by atoms with Gasteiger partial charge in [-0.25, -0.2) is 24.0 Å². The van der Waals surface area contributed by atoms with Crippen molar-refractivity contribution in [3.05, 3.63) is 0 Å². The van der Waals surface area contributed by atoms with Crippen molar-refractivity contribution >= 4 is 65.3 Å². The number of aliphatic hydroxyl groups is 28. The number of carbonyl (C=O) groups is 11. The van der Waals surface area contributed by atoms with Crippen molar-refractivity contribution in [1.82, 2.24) is 31.9 Å². The van der Waals surface area contributed by atoms with Crippen molar-refractivity contribution in [3.63, 3.8) is 0 Å². The summed E-state index contributed by atoms with van der Waals surface area (Å²) in [4.78, 5) is 147. The highest BCUT2D eigenvalue weighted by Crippen LogP contribution is 2.47. The van der Waals surface area contributed by atoms with E-state index in [9.17, 15) is 221 Å². The van der Waals surface area contributed by atoms with Crippen molar-refractivity contribution in [1.29, 1.82) is 0 Å². The molecule has 9 rings (SSSR count). The van der Waals surface area contributed by atoms with Crippen LogP contribution in [-0.2, 0) is 133 Å². The summed E-state index contributed by atoms with van der Waals surface area (Å²) in [5.74, 6) is -37.1. The third-order valence-corrected chi connectivity index (χ3v) is 26.1. The first-order chi connectivity index (χ1) is 69.2. The summed E-state index contributed by atoms with van der Waals surface area (Å²) >= 11 is 0. The quantitative estimate of drug-likeness (QED) is 0.0269. The molecule has 850 valence electrons.